The molecule has 2 aromatic carbocycles. The van der Waals surface area contributed by atoms with Crippen molar-refractivity contribution < 1.29 is 19.4 Å². The zero-order valence-corrected chi connectivity index (χ0v) is 21.2. The molecule has 2 aromatic rings. The number of benzene rings is 2. The predicted molar refractivity (Wildman–Crippen MR) is 138 cm³/mol. The highest BCUT2D eigenvalue weighted by Gasteiger charge is 2.46. The number of aliphatic hydroxyl groups excluding tert-OH is 1. The molecule has 4 rings (SSSR count). The van der Waals surface area contributed by atoms with E-state index in [0.717, 1.165) is 42.1 Å². The highest BCUT2D eigenvalue weighted by molar-refractivity contribution is 6.46. The van der Waals surface area contributed by atoms with Gasteiger partial charge in [-0.25, -0.2) is 0 Å². The largest absolute Gasteiger partial charge is 0.507 e. The summed E-state index contributed by atoms with van der Waals surface area (Å²) in [5, 5.41) is 11.4. The fraction of sp³-hybridized carbons (Fsp3) is 0.429. The second-order valence-electron chi connectivity index (χ2n) is 9.46. The molecule has 1 fully saturated rings. The van der Waals surface area contributed by atoms with Gasteiger partial charge in [0.2, 0.25) is 0 Å². The number of fused-ring (bicyclic) bond motifs is 1. The molecule has 2 atom stereocenters. The van der Waals surface area contributed by atoms with Gasteiger partial charge in [0.15, 0.2) is 0 Å². The molecule has 2 heterocycles. The van der Waals surface area contributed by atoms with Crippen LogP contribution in [-0.4, -0.2) is 73.0 Å². The van der Waals surface area contributed by atoms with Gasteiger partial charge in [-0.05, 0) is 61.5 Å². The summed E-state index contributed by atoms with van der Waals surface area (Å²) in [7, 11) is 3.92. The van der Waals surface area contributed by atoms with E-state index in [1.54, 1.807) is 11.0 Å². The van der Waals surface area contributed by atoms with Gasteiger partial charge in [-0.3, -0.25) is 9.59 Å². The fourth-order valence-electron chi connectivity index (χ4n) is 4.93. The normalized spacial score (nSPS) is 20.9. The SMILES string of the molecule is CCN(CC)CCN1C(=O)C(=O)/C(=C(/O)c2ccc3c(c2)C[C@@H](C)O3)[C@H]1c1ccc(N(C)C)cc1. The third-order valence-corrected chi connectivity index (χ3v) is 6.99. The van der Waals surface area contributed by atoms with Crippen LogP contribution in [0.2, 0.25) is 0 Å². The lowest BCUT2D eigenvalue weighted by atomic mass is 9.94. The van der Waals surface area contributed by atoms with Gasteiger partial charge >= 0.3 is 0 Å². The number of nitrogens with zero attached hydrogens (tertiary/aromatic N) is 3. The Morgan fingerprint density at radius 1 is 1.09 bits per heavy atom. The van der Waals surface area contributed by atoms with Crippen LogP contribution >= 0.6 is 0 Å². The van der Waals surface area contributed by atoms with Gasteiger partial charge in [-0.2, -0.15) is 0 Å². The van der Waals surface area contributed by atoms with Crippen molar-refractivity contribution >= 4 is 23.1 Å². The molecule has 0 bridgehead atoms. The molecule has 0 unspecified atom stereocenters. The van der Waals surface area contributed by atoms with Gasteiger partial charge in [0.1, 0.15) is 17.6 Å². The molecule has 186 valence electrons. The van der Waals surface area contributed by atoms with E-state index < -0.39 is 17.7 Å². The van der Waals surface area contributed by atoms with E-state index in [1.807, 2.05) is 62.3 Å². The number of hydrogen-bond donors (Lipinski definition) is 1. The third kappa shape index (κ3) is 4.78. The number of ketones is 1. The maximum absolute atomic E-state index is 13.3. The van der Waals surface area contributed by atoms with Gasteiger partial charge in [-0.1, -0.05) is 26.0 Å². The van der Waals surface area contributed by atoms with Gasteiger partial charge in [0.05, 0.1) is 11.6 Å². The zero-order valence-electron chi connectivity index (χ0n) is 21.2. The van der Waals surface area contributed by atoms with Crippen LogP contribution in [0.1, 0.15) is 43.5 Å². The van der Waals surface area contributed by atoms with Crippen molar-refractivity contribution in [3.05, 3.63) is 64.7 Å². The molecule has 0 aromatic heterocycles. The van der Waals surface area contributed by atoms with Crippen molar-refractivity contribution in [1.29, 1.82) is 0 Å². The Morgan fingerprint density at radius 3 is 2.40 bits per heavy atom. The molecule has 0 saturated carbocycles. The van der Waals surface area contributed by atoms with Crippen molar-refractivity contribution in [2.45, 2.75) is 39.3 Å². The molecule has 1 saturated heterocycles. The smallest absolute Gasteiger partial charge is 0.295 e. The summed E-state index contributed by atoms with van der Waals surface area (Å²) in [4.78, 5) is 32.3. The first-order valence-electron chi connectivity index (χ1n) is 12.3. The standard InChI is InChI=1S/C28H35N3O4/c1-6-30(7-2)14-15-31-25(19-8-11-22(12-9-19)29(4)5)24(27(33)28(31)34)26(32)20-10-13-23-21(17-20)16-18(3)35-23/h8-13,17-18,25,32H,6-7,14-16H2,1-5H3/b26-24+/t18-,25-/m1/s1. The summed E-state index contributed by atoms with van der Waals surface area (Å²) in [6.45, 7) is 8.93. The molecule has 2 aliphatic rings. The second kappa shape index (κ2) is 10.1. The van der Waals surface area contributed by atoms with E-state index in [-0.39, 0.29) is 17.4 Å². The maximum Gasteiger partial charge on any atom is 0.295 e. The van der Waals surface area contributed by atoms with Crippen molar-refractivity contribution in [3.8, 4) is 5.75 Å². The minimum Gasteiger partial charge on any atom is -0.507 e. The predicted octanol–water partition coefficient (Wildman–Crippen LogP) is 3.84. The second-order valence-corrected chi connectivity index (χ2v) is 9.46. The molecular weight excluding hydrogens is 442 g/mol. The van der Waals surface area contributed by atoms with E-state index in [0.29, 0.717) is 18.7 Å². The van der Waals surface area contributed by atoms with Crippen LogP contribution < -0.4 is 9.64 Å². The van der Waals surface area contributed by atoms with Gasteiger partial charge in [0.25, 0.3) is 11.7 Å². The van der Waals surface area contributed by atoms with Gasteiger partial charge in [0, 0.05) is 44.9 Å². The van der Waals surface area contributed by atoms with E-state index in [4.69, 9.17) is 4.74 Å². The number of hydrogen-bond acceptors (Lipinski definition) is 6. The zero-order chi connectivity index (χ0) is 25.3. The third-order valence-electron chi connectivity index (χ3n) is 6.99. The van der Waals surface area contributed by atoms with E-state index >= 15 is 0 Å². The summed E-state index contributed by atoms with van der Waals surface area (Å²) in [5.41, 5.74) is 3.47. The van der Waals surface area contributed by atoms with Crippen LogP contribution in [0, 0.1) is 0 Å². The molecule has 7 nitrogen and oxygen atoms in total. The lowest BCUT2D eigenvalue weighted by Crippen LogP contribution is -2.38. The number of aliphatic hydroxyl groups is 1. The number of ether oxygens (including phenoxy) is 1. The summed E-state index contributed by atoms with van der Waals surface area (Å²) in [5.74, 6) is -0.561. The molecule has 35 heavy (non-hydrogen) atoms. The first-order valence-corrected chi connectivity index (χ1v) is 12.3. The van der Waals surface area contributed by atoms with Crippen LogP contribution in [0.3, 0.4) is 0 Å². The summed E-state index contributed by atoms with van der Waals surface area (Å²) >= 11 is 0. The summed E-state index contributed by atoms with van der Waals surface area (Å²) in [6, 6.07) is 12.6. The average molecular weight is 478 g/mol. The van der Waals surface area contributed by atoms with Gasteiger partial charge in [-0.15, -0.1) is 0 Å². The highest BCUT2D eigenvalue weighted by atomic mass is 16.5. The molecular formula is C28H35N3O4. The summed E-state index contributed by atoms with van der Waals surface area (Å²) < 4.78 is 5.78. The Labute approximate surface area is 207 Å². The van der Waals surface area contributed by atoms with Gasteiger partial charge < -0.3 is 24.5 Å². The molecule has 1 N–H and O–H groups in total. The lowest BCUT2D eigenvalue weighted by molar-refractivity contribution is -0.140. The highest BCUT2D eigenvalue weighted by Crippen LogP contribution is 2.40. The first kappa shape index (κ1) is 24.8. The van der Waals surface area contributed by atoms with Crippen molar-refractivity contribution in [1.82, 2.24) is 9.80 Å². The van der Waals surface area contributed by atoms with Crippen LogP contribution in [0.15, 0.2) is 48.0 Å². The number of likely N-dealkylation sites (N-methyl/N-ethyl adjacent to an activating group) is 1. The Bertz CT molecular complexity index is 1140. The van der Waals surface area contributed by atoms with Crippen molar-refractivity contribution in [2.24, 2.45) is 0 Å². The minimum absolute atomic E-state index is 0.0725. The molecule has 0 aliphatic carbocycles. The number of amides is 1. The monoisotopic (exact) mass is 477 g/mol. The molecule has 2 aliphatic heterocycles. The number of rotatable bonds is 8. The Kier molecular flexibility index (Phi) is 7.17. The Hall–Kier alpha value is -3.32. The van der Waals surface area contributed by atoms with Crippen LogP contribution in [0.5, 0.6) is 5.75 Å². The minimum atomic E-state index is -0.648. The quantitative estimate of drug-likeness (QED) is 0.354. The molecule has 0 radical (unpaired) electrons. The van der Waals surface area contributed by atoms with Crippen LogP contribution in [0.25, 0.3) is 5.76 Å². The number of Topliss-reactive ketones (excluding diaryl/α,β-unsaturated/α-hetero) is 1. The lowest BCUT2D eigenvalue weighted by Gasteiger charge is -2.28. The Morgan fingerprint density at radius 2 is 1.77 bits per heavy atom. The topological polar surface area (TPSA) is 73.3 Å². The molecule has 0 spiro atoms. The van der Waals surface area contributed by atoms with E-state index in [1.165, 1.54) is 0 Å². The number of carbonyl (C=O) groups excluding carboxylic acids is 2. The van der Waals surface area contributed by atoms with Crippen LogP contribution in [0.4, 0.5) is 5.69 Å². The van der Waals surface area contributed by atoms with E-state index in [9.17, 15) is 14.7 Å². The average Bonchev–Trinajstić information content (AvgIpc) is 3.35. The number of anilines is 1. The maximum atomic E-state index is 13.3. The van der Waals surface area contributed by atoms with Crippen LogP contribution in [-0.2, 0) is 16.0 Å². The molecule has 7 heteroatoms. The first-order chi connectivity index (χ1) is 16.7. The number of carbonyl (C=O) groups is 2. The Balaban J connectivity index is 1.78. The fourth-order valence-corrected chi connectivity index (χ4v) is 4.93. The number of likely N-dealkylation sites (tertiary alicyclic amines) is 1. The summed E-state index contributed by atoms with van der Waals surface area (Å²) in [6.07, 6.45) is 0.813. The van der Waals surface area contributed by atoms with Crippen molar-refractivity contribution in [2.75, 3.05) is 45.2 Å². The van der Waals surface area contributed by atoms with Crippen molar-refractivity contribution in [3.63, 3.8) is 0 Å². The van der Waals surface area contributed by atoms with E-state index in [2.05, 4.69) is 18.7 Å². The molecule has 1 amide bonds.